The van der Waals surface area contributed by atoms with Crippen molar-refractivity contribution >= 4 is 17.4 Å². The number of aromatic nitrogens is 1. The molecule has 1 fully saturated rings. The molecule has 2 rings (SSSR count). The van der Waals surface area contributed by atoms with Crippen LogP contribution >= 0.6 is 0 Å². The summed E-state index contributed by atoms with van der Waals surface area (Å²) in [7, 11) is 1.74. The van der Waals surface area contributed by atoms with Crippen molar-refractivity contribution in [1.29, 1.82) is 0 Å². The van der Waals surface area contributed by atoms with Gasteiger partial charge < -0.3 is 10.5 Å². The number of nitrogen functional groups attached to an aromatic ring is 1. The fourth-order valence-electron chi connectivity index (χ4n) is 1.95. The average Bonchev–Trinajstić information content (AvgIpc) is 2.38. The molecule has 17 heavy (non-hydrogen) atoms. The molecule has 0 atom stereocenters. The molecule has 0 unspecified atom stereocenters. The maximum atomic E-state index is 12.2. The van der Waals surface area contributed by atoms with Gasteiger partial charge in [0.25, 0.3) is 0 Å². The van der Waals surface area contributed by atoms with Gasteiger partial charge in [0, 0.05) is 44.1 Å². The summed E-state index contributed by atoms with van der Waals surface area (Å²) >= 11 is 0. The first kappa shape index (κ1) is 11.9. The van der Waals surface area contributed by atoms with E-state index in [0.717, 1.165) is 12.8 Å². The van der Waals surface area contributed by atoms with Crippen molar-refractivity contribution in [2.24, 2.45) is 5.92 Å². The molecular weight excluding hydrogens is 218 g/mol. The monoisotopic (exact) mass is 235 g/mol. The molecule has 1 amide bonds. The summed E-state index contributed by atoms with van der Waals surface area (Å²) in [6.07, 6.45) is 3.18. The molecule has 0 saturated carbocycles. The molecule has 2 heterocycles. The minimum atomic E-state index is 0.0389. The fourth-order valence-corrected chi connectivity index (χ4v) is 1.95. The number of pyridine rings is 1. The lowest BCUT2D eigenvalue weighted by Crippen LogP contribution is -2.36. The highest BCUT2D eigenvalue weighted by Gasteiger charge is 2.25. The van der Waals surface area contributed by atoms with Crippen LogP contribution in [-0.2, 0) is 9.53 Å². The van der Waals surface area contributed by atoms with Crippen LogP contribution in [0.15, 0.2) is 18.3 Å². The van der Waals surface area contributed by atoms with E-state index in [0.29, 0.717) is 24.7 Å². The Morgan fingerprint density at radius 1 is 1.53 bits per heavy atom. The van der Waals surface area contributed by atoms with Gasteiger partial charge >= 0.3 is 0 Å². The van der Waals surface area contributed by atoms with E-state index in [1.807, 2.05) is 0 Å². The van der Waals surface area contributed by atoms with Crippen molar-refractivity contribution in [3.63, 3.8) is 0 Å². The maximum absolute atomic E-state index is 12.2. The average molecular weight is 235 g/mol. The van der Waals surface area contributed by atoms with Crippen LogP contribution in [0.25, 0.3) is 0 Å². The van der Waals surface area contributed by atoms with Crippen LogP contribution in [0.3, 0.4) is 0 Å². The Morgan fingerprint density at radius 3 is 2.88 bits per heavy atom. The summed E-state index contributed by atoms with van der Waals surface area (Å²) in [5, 5.41) is 0. The molecule has 0 aromatic carbocycles. The van der Waals surface area contributed by atoms with E-state index < -0.39 is 0 Å². The second-order valence-electron chi connectivity index (χ2n) is 4.23. The Kier molecular flexibility index (Phi) is 3.58. The van der Waals surface area contributed by atoms with E-state index in [-0.39, 0.29) is 11.8 Å². The molecule has 5 heteroatoms. The Labute approximate surface area is 101 Å². The van der Waals surface area contributed by atoms with Crippen molar-refractivity contribution in [3.05, 3.63) is 18.3 Å². The lowest BCUT2D eigenvalue weighted by molar-refractivity contribution is -0.124. The molecule has 0 bridgehead atoms. The van der Waals surface area contributed by atoms with Crippen molar-refractivity contribution in [2.45, 2.75) is 12.8 Å². The van der Waals surface area contributed by atoms with Crippen molar-refractivity contribution < 1.29 is 9.53 Å². The number of anilines is 2. The molecule has 5 nitrogen and oxygen atoms in total. The van der Waals surface area contributed by atoms with E-state index in [9.17, 15) is 4.79 Å². The molecular formula is C12H17N3O2. The summed E-state index contributed by atoms with van der Waals surface area (Å²) in [5.74, 6) is 0.727. The van der Waals surface area contributed by atoms with Gasteiger partial charge in [0.15, 0.2) is 0 Å². The van der Waals surface area contributed by atoms with Gasteiger partial charge in [-0.25, -0.2) is 4.98 Å². The molecule has 0 radical (unpaired) electrons. The number of carbonyl (C=O) groups is 1. The summed E-state index contributed by atoms with van der Waals surface area (Å²) in [4.78, 5) is 17.9. The summed E-state index contributed by atoms with van der Waals surface area (Å²) in [5.41, 5.74) is 6.29. The normalized spacial score (nSPS) is 16.8. The number of amides is 1. The first-order valence-electron chi connectivity index (χ1n) is 5.75. The molecule has 2 N–H and O–H groups in total. The van der Waals surface area contributed by atoms with Crippen LogP contribution in [0.2, 0.25) is 0 Å². The zero-order valence-electron chi connectivity index (χ0n) is 9.93. The predicted octanol–water partition coefficient (Wildman–Crippen LogP) is 1.05. The standard InChI is InChI=1S/C12H17N3O2/c1-15(11-8-10(13)2-5-14-11)12(16)9-3-6-17-7-4-9/h2,5,8-9H,3-4,6-7H2,1H3,(H2,13,14). The Hall–Kier alpha value is -1.62. The number of nitrogens with two attached hydrogens (primary N) is 1. The Morgan fingerprint density at radius 2 is 2.24 bits per heavy atom. The molecule has 1 saturated heterocycles. The second-order valence-corrected chi connectivity index (χ2v) is 4.23. The minimum absolute atomic E-state index is 0.0389. The highest BCUT2D eigenvalue weighted by atomic mass is 16.5. The largest absolute Gasteiger partial charge is 0.399 e. The summed E-state index contributed by atoms with van der Waals surface area (Å²) in [6, 6.07) is 3.41. The minimum Gasteiger partial charge on any atom is -0.399 e. The molecule has 0 spiro atoms. The van der Waals surface area contributed by atoms with Crippen LogP contribution in [-0.4, -0.2) is 31.2 Å². The third-order valence-corrected chi connectivity index (χ3v) is 3.01. The lowest BCUT2D eigenvalue weighted by atomic mass is 9.99. The summed E-state index contributed by atoms with van der Waals surface area (Å²) < 4.78 is 5.25. The predicted molar refractivity (Wildman–Crippen MR) is 65.6 cm³/mol. The highest BCUT2D eigenvalue weighted by Crippen LogP contribution is 2.20. The number of hydrogen-bond donors (Lipinski definition) is 1. The van der Waals surface area contributed by atoms with E-state index in [1.165, 1.54) is 0 Å². The number of hydrogen-bond acceptors (Lipinski definition) is 4. The second kappa shape index (κ2) is 5.14. The molecule has 1 aromatic heterocycles. The third kappa shape index (κ3) is 2.74. The number of ether oxygens (including phenoxy) is 1. The fraction of sp³-hybridized carbons (Fsp3) is 0.500. The van der Waals surface area contributed by atoms with Gasteiger partial charge in [0.1, 0.15) is 5.82 Å². The van der Waals surface area contributed by atoms with Crippen LogP contribution in [0.1, 0.15) is 12.8 Å². The van der Waals surface area contributed by atoms with Gasteiger partial charge in [-0.05, 0) is 18.9 Å². The smallest absolute Gasteiger partial charge is 0.231 e. The van der Waals surface area contributed by atoms with Gasteiger partial charge in [0.2, 0.25) is 5.91 Å². The molecule has 0 aliphatic carbocycles. The van der Waals surface area contributed by atoms with Crippen LogP contribution in [0, 0.1) is 5.92 Å². The first-order valence-corrected chi connectivity index (χ1v) is 5.75. The number of carbonyl (C=O) groups excluding carboxylic acids is 1. The molecule has 1 aliphatic heterocycles. The quantitative estimate of drug-likeness (QED) is 0.832. The SMILES string of the molecule is CN(C(=O)C1CCOCC1)c1cc(N)ccn1. The molecule has 1 aromatic rings. The first-order chi connectivity index (χ1) is 8.18. The summed E-state index contributed by atoms with van der Waals surface area (Å²) in [6.45, 7) is 1.32. The molecule has 1 aliphatic rings. The van der Waals surface area contributed by atoms with Crippen molar-refractivity contribution in [1.82, 2.24) is 4.98 Å². The van der Waals surface area contributed by atoms with E-state index in [4.69, 9.17) is 10.5 Å². The van der Waals surface area contributed by atoms with Crippen LogP contribution < -0.4 is 10.6 Å². The lowest BCUT2D eigenvalue weighted by Gasteiger charge is -2.26. The Bertz CT molecular complexity index is 402. The highest BCUT2D eigenvalue weighted by molar-refractivity contribution is 5.94. The van der Waals surface area contributed by atoms with Crippen molar-refractivity contribution in [2.75, 3.05) is 30.9 Å². The zero-order valence-corrected chi connectivity index (χ0v) is 9.93. The third-order valence-electron chi connectivity index (χ3n) is 3.01. The van der Waals surface area contributed by atoms with E-state index in [2.05, 4.69) is 4.98 Å². The van der Waals surface area contributed by atoms with Gasteiger partial charge in [0.05, 0.1) is 0 Å². The van der Waals surface area contributed by atoms with Gasteiger partial charge in [-0.15, -0.1) is 0 Å². The van der Waals surface area contributed by atoms with E-state index >= 15 is 0 Å². The number of nitrogens with zero attached hydrogens (tertiary/aromatic N) is 2. The molecule has 92 valence electrons. The van der Waals surface area contributed by atoms with Crippen LogP contribution in [0.4, 0.5) is 11.5 Å². The van der Waals surface area contributed by atoms with Gasteiger partial charge in [-0.3, -0.25) is 9.69 Å². The van der Waals surface area contributed by atoms with Crippen molar-refractivity contribution in [3.8, 4) is 0 Å². The maximum Gasteiger partial charge on any atom is 0.231 e. The van der Waals surface area contributed by atoms with Gasteiger partial charge in [-0.2, -0.15) is 0 Å². The van der Waals surface area contributed by atoms with Gasteiger partial charge in [-0.1, -0.05) is 0 Å². The zero-order chi connectivity index (χ0) is 12.3. The topological polar surface area (TPSA) is 68.5 Å². The van der Waals surface area contributed by atoms with E-state index in [1.54, 1.807) is 30.3 Å². The number of rotatable bonds is 2. The van der Waals surface area contributed by atoms with Crippen LogP contribution in [0.5, 0.6) is 0 Å². The Balaban J connectivity index is 2.08.